The maximum absolute atomic E-state index is 14.0. The average Bonchev–Trinajstić information content (AvgIpc) is 3.21. The summed E-state index contributed by atoms with van der Waals surface area (Å²) in [5, 5.41) is 7.77. The zero-order valence-electron chi connectivity index (χ0n) is 15.3. The third-order valence-corrected chi connectivity index (χ3v) is 5.80. The normalized spacial score (nSPS) is 15.4. The maximum Gasteiger partial charge on any atom is 0.277 e. The Balaban J connectivity index is 1.59. The van der Waals surface area contributed by atoms with Crippen molar-refractivity contribution in [1.82, 2.24) is 15.1 Å². The number of likely N-dealkylation sites (tertiary alicyclic amines) is 1. The molecule has 28 heavy (non-hydrogen) atoms. The van der Waals surface area contributed by atoms with Crippen LogP contribution in [0.5, 0.6) is 0 Å². The van der Waals surface area contributed by atoms with E-state index < -0.39 is 11.1 Å². The van der Waals surface area contributed by atoms with Gasteiger partial charge in [-0.1, -0.05) is 42.5 Å². The van der Waals surface area contributed by atoms with E-state index in [4.69, 9.17) is 4.42 Å². The minimum atomic E-state index is -0.478. The summed E-state index contributed by atoms with van der Waals surface area (Å²) in [6.45, 7) is 1.54. The lowest BCUT2D eigenvalue weighted by Crippen LogP contribution is -2.38. The maximum atomic E-state index is 14.0. The predicted octanol–water partition coefficient (Wildman–Crippen LogP) is 4.72. The second kappa shape index (κ2) is 8.56. The van der Waals surface area contributed by atoms with Crippen molar-refractivity contribution in [1.29, 1.82) is 0 Å². The van der Waals surface area contributed by atoms with Crippen LogP contribution in [0.2, 0.25) is 0 Å². The lowest BCUT2D eigenvalue weighted by molar-refractivity contribution is -0.131. The minimum Gasteiger partial charge on any atom is -0.411 e. The van der Waals surface area contributed by atoms with E-state index in [2.05, 4.69) is 10.2 Å². The summed E-state index contributed by atoms with van der Waals surface area (Å²) in [6.07, 6.45) is 3.20. The van der Waals surface area contributed by atoms with Gasteiger partial charge in [-0.3, -0.25) is 4.79 Å². The molecule has 1 aliphatic heterocycles. The van der Waals surface area contributed by atoms with Gasteiger partial charge in [-0.2, -0.15) is 0 Å². The van der Waals surface area contributed by atoms with Crippen LogP contribution in [0.25, 0.3) is 11.5 Å². The number of hydrogen-bond donors (Lipinski definition) is 0. The van der Waals surface area contributed by atoms with Crippen LogP contribution in [-0.4, -0.2) is 34.1 Å². The van der Waals surface area contributed by atoms with Gasteiger partial charge in [0.25, 0.3) is 11.1 Å². The third kappa shape index (κ3) is 4.09. The van der Waals surface area contributed by atoms with E-state index in [1.807, 2.05) is 35.2 Å². The number of nitrogens with zero attached hydrogens (tertiary/aromatic N) is 3. The van der Waals surface area contributed by atoms with Gasteiger partial charge in [0, 0.05) is 13.1 Å². The minimum absolute atomic E-state index is 0.0431. The molecule has 1 amide bonds. The zero-order valence-corrected chi connectivity index (χ0v) is 16.1. The molecule has 2 heterocycles. The Hall–Kier alpha value is -2.67. The van der Waals surface area contributed by atoms with Crippen LogP contribution in [0.1, 0.15) is 30.1 Å². The summed E-state index contributed by atoms with van der Waals surface area (Å²) in [5.41, 5.74) is 1.13. The van der Waals surface area contributed by atoms with Crippen molar-refractivity contribution in [2.75, 3.05) is 13.1 Å². The molecule has 0 saturated carbocycles. The van der Waals surface area contributed by atoms with E-state index in [1.165, 1.54) is 17.8 Å². The molecule has 3 aromatic rings. The molecule has 1 fully saturated rings. The van der Waals surface area contributed by atoms with Gasteiger partial charge in [0.2, 0.25) is 5.91 Å². The topological polar surface area (TPSA) is 59.2 Å². The Morgan fingerprint density at radius 3 is 2.46 bits per heavy atom. The number of carbonyl (C=O) groups excluding carboxylic acids is 1. The Kier molecular flexibility index (Phi) is 5.71. The van der Waals surface area contributed by atoms with E-state index in [-0.39, 0.29) is 22.6 Å². The fourth-order valence-corrected chi connectivity index (χ4v) is 4.23. The number of carbonyl (C=O) groups is 1. The smallest absolute Gasteiger partial charge is 0.277 e. The van der Waals surface area contributed by atoms with Crippen molar-refractivity contribution < 1.29 is 13.6 Å². The molecule has 4 rings (SSSR count). The SMILES string of the molecule is O=C([C@@H](Sc1nnc(-c2ccccc2F)o1)c1ccccc1)N1CCCCC1. The first-order valence-corrected chi connectivity index (χ1v) is 10.2. The van der Waals surface area contributed by atoms with Gasteiger partial charge in [0.15, 0.2) is 0 Å². The van der Waals surface area contributed by atoms with Crippen LogP contribution in [0, 0.1) is 5.82 Å². The number of aromatic nitrogens is 2. The molecule has 7 heteroatoms. The first-order valence-electron chi connectivity index (χ1n) is 9.31. The number of benzene rings is 2. The Morgan fingerprint density at radius 2 is 1.71 bits per heavy atom. The summed E-state index contributed by atoms with van der Waals surface area (Å²) in [5.74, 6) is -0.272. The molecule has 1 aromatic heterocycles. The molecule has 0 bridgehead atoms. The molecule has 1 atom stereocenters. The molecule has 0 unspecified atom stereocenters. The van der Waals surface area contributed by atoms with Gasteiger partial charge in [-0.25, -0.2) is 4.39 Å². The summed E-state index contributed by atoms with van der Waals surface area (Å²) in [7, 11) is 0. The van der Waals surface area contributed by atoms with Crippen molar-refractivity contribution in [3.05, 3.63) is 66.0 Å². The molecule has 0 N–H and O–H groups in total. The van der Waals surface area contributed by atoms with Crippen LogP contribution in [0.4, 0.5) is 4.39 Å². The molecule has 0 radical (unpaired) electrons. The first kappa shape index (κ1) is 18.7. The van der Waals surface area contributed by atoms with Crippen molar-refractivity contribution in [3.63, 3.8) is 0 Å². The Morgan fingerprint density at radius 1 is 1.00 bits per heavy atom. The quantitative estimate of drug-likeness (QED) is 0.583. The van der Waals surface area contributed by atoms with Gasteiger partial charge in [-0.05, 0) is 48.7 Å². The highest BCUT2D eigenvalue weighted by Crippen LogP contribution is 2.37. The number of halogens is 1. The van der Waals surface area contributed by atoms with E-state index in [9.17, 15) is 9.18 Å². The number of hydrogen-bond acceptors (Lipinski definition) is 5. The monoisotopic (exact) mass is 397 g/mol. The van der Waals surface area contributed by atoms with Gasteiger partial charge in [0.05, 0.1) is 5.56 Å². The van der Waals surface area contributed by atoms with Crippen LogP contribution in [0.15, 0.2) is 64.2 Å². The third-order valence-electron chi connectivity index (χ3n) is 4.72. The van der Waals surface area contributed by atoms with Crippen molar-refractivity contribution in [2.45, 2.75) is 29.7 Å². The Bertz CT molecular complexity index is 942. The predicted molar refractivity (Wildman–Crippen MR) is 105 cm³/mol. The summed E-state index contributed by atoms with van der Waals surface area (Å²) in [6, 6.07) is 15.8. The Labute approximate surface area is 167 Å². The van der Waals surface area contributed by atoms with Crippen molar-refractivity contribution in [3.8, 4) is 11.5 Å². The first-order chi connectivity index (χ1) is 13.7. The van der Waals surface area contributed by atoms with Crippen molar-refractivity contribution >= 4 is 17.7 Å². The second-order valence-electron chi connectivity index (χ2n) is 6.65. The van der Waals surface area contributed by atoms with Crippen LogP contribution < -0.4 is 0 Å². The zero-order chi connectivity index (χ0) is 19.3. The van der Waals surface area contributed by atoms with Gasteiger partial charge in [-0.15, -0.1) is 10.2 Å². The lowest BCUT2D eigenvalue weighted by Gasteiger charge is -2.29. The molecule has 5 nitrogen and oxygen atoms in total. The van der Waals surface area contributed by atoms with Crippen LogP contribution in [0.3, 0.4) is 0 Å². The molecule has 1 aliphatic rings. The standard InChI is InChI=1S/C21H20FN3O2S/c22-17-12-6-5-11-16(17)19-23-24-21(27-19)28-18(15-9-3-1-4-10-15)20(26)25-13-7-2-8-14-25/h1,3-6,9-12,18H,2,7-8,13-14H2/t18-/m0/s1. The van der Waals surface area contributed by atoms with Crippen LogP contribution >= 0.6 is 11.8 Å². The number of rotatable bonds is 5. The summed E-state index contributed by atoms with van der Waals surface area (Å²) >= 11 is 1.21. The highest BCUT2D eigenvalue weighted by atomic mass is 32.2. The van der Waals surface area contributed by atoms with Crippen molar-refractivity contribution in [2.24, 2.45) is 0 Å². The fraction of sp³-hybridized carbons (Fsp3) is 0.286. The van der Waals surface area contributed by atoms with E-state index >= 15 is 0 Å². The number of thioether (sulfide) groups is 1. The fourth-order valence-electron chi connectivity index (χ4n) is 3.27. The van der Waals surface area contributed by atoms with E-state index in [1.54, 1.807) is 18.2 Å². The molecule has 144 valence electrons. The van der Waals surface area contributed by atoms with E-state index in [0.29, 0.717) is 0 Å². The largest absolute Gasteiger partial charge is 0.411 e. The van der Waals surface area contributed by atoms with E-state index in [0.717, 1.165) is 37.9 Å². The second-order valence-corrected chi connectivity index (χ2v) is 7.70. The number of piperidine rings is 1. The highest BCUT2D eigenvalue weighted by Gasteiger charge is 2.30. The van der Waals surface area contributed by atoms with Gasteiger partial charge in [0.1, 0.15) is 11.1 Å². The highest BCUT2D eigenvalue weighted by molar-refractivity contribution is 8.00. The molecule has 0 spiro atoms. The molecular formula is C21H20FN3O2S. The average molecular weight is 397 g/mol. The molecular weight excluding hydrogens is 377 g/mol. The lowest BCUT2D eigenvalue weighted by atomic mass is 10.1. The van der Waals surface area contributed by atoms with Gasteiger partial charge < -0.3 is 9.32 Å². The van der Waals surface area contributed by atoms with Gasteiger partial charge >= 0.3 is 0 Å². The number of amides is 1. The molecule has 0 aliphatic carbocycles. The molecule has 2 aromatic carbocycles. The summed E-state index contributed by atoms with van der Waals surface area (Å²) < 4.78 is 19.7. The molecule has 1 saturated heterocycles. The summed E-state index contributed by atoms with van der Waals surface area (Å²) in [4.78, 5) is 15.1. The van der Waals surface area contributed by atoms with Crippen LogP contribution in [-0.2, 0) is 4.79 Å².